The van der Waals surface area contributed by atoms with Crippen LogP contribution < -0.4 is 10.2 Å². The lowest BCUT2D eigenvalue weighted by Crippen LogP contribution is -2.65. The van der Waals surface area contributed by atoms with Crippen molar-refractivity contribution in [3.63, 3.8) is 0 Å². The maximum absolute atomic E-state index is 12.8. The average Bonchev–Trinajstić information content (AvgIpc) is 2.51. The van der Waals surface area contributed by atoms with Crippen molar-refractivity contribution in [3.05, 3.63) is 50.4 Å². The average molecular weight is 342 g/mol. The van der Waals surface area contributed by atoms with Crippen molar-refractivity contribution in [1.29, 1.82) is 0 Å². The molecule has 0 aromatic carbocycles. The van der Waals surface area contributed by atoms with Crippen LogP contribution in [0.5, 0.6) is 5.95 Å². The van der Waals surface area contributed by atoms with Gasteiger partial charge >= 0.3 is 0 Å². The highest BCUT2D eigenvalue weighted by Gasteiger charge is 2.67. The summed E-state index contributed by atoms with van der Waals surface area (Å²) in [4.78, 5) is 12.8. The third-order valence-corrected chi connectivity index (χ3v) is 6.75. The molecule has 0 spiro atoms. The molecular formula is C22H30O3. The molecule has 1 aromatic rings. The lowest BCUT2D eigenvalue weighted by molar-refractivity contribution is -0.0915. The van der Waals surface area contributed by atoms with E-state index in [0.29, 0.717) is 23.3 Å². The summed E-state index contributed by atoms with van der Waals surface area (Å²) in [6.45, 7) is 14.9. The van der Waals surface area contributed by atoms with Gasteiger partial charge in [-0.3, -0.25) is 4.79 Å². The molecule has 1 fully saturated rings. The summed E-state index contributed by atoms with van der Waals surface area (Å²) in [5, 5.41) is 0. The zero-order chi connectivity index (χ0) is 18.7. The van der Waals surface area contributed by atoms with E-state index in [4.69, 9.17) is 9.15 Å². The summed E-state index contributed by atoms with van der Waals surface area (Å²) in [5.74, 6) is 1.90. The third-order valence-electron chi connectivity index (χ3n) is 6.75. The summed E-state index contributed by atoms with van der Waals surface area (Å²) in [6.07, 6.45) is 5.73. The smallest absolute Gasteiger partial charge is 0.291 e. The number of hydrogen-bond acceptors (Lipinski definition) is 3. The molecule has 0 aliphatic heterocycles. The highest BCUT2D eigenvalue weighted by atomic mass is 16.6. The van der Waals surface area contributed by atoms with Gasteiger partial charge in [-0.25, -0.2) is 0 Å². The molecule has 0 amide bonds. The summed E-state index contributed by atoms with van der Waals surface area (Å²) in [7, 11) is 1.56. The van der Waals surface area contributed by atoms with E-state index < -0.39 is 0 Å². The summed E-state index contributed by atoms with van der Waals surface area (Å²) >= 11 is 0. The van der Waals surface area contributed by atoms with E-state index in [9.17, 15) is 4.79 Å². The van der Waals surface area contributed by atoms with Crippen LogP contribution in [0, 0.1) is 31.1 Å². The Kier molecular flexibility index (Phi) is 4.05. The summed E-state index contributed by atoms with van der Waals surface area (Å²) in [5.41, 5.74) is 3.91. The minimum Gasteiger partial charge on any atom is -0.468 e. The molecule has 0 unspecified atom stereocenters. The molecule has 0 saturated heterocycles. The quantitative estimate of drug-likeness (QED) is 0.768. The first kappa shape index (κ1) is 18.0. The molecule has 2 aliphatic rings. The van der Waals surface area contributed by atoms with Gasteiger partial charge in [0.15, 0.2) is 5.43 Å². The van der Waals surface area contributed by atoms with E-state index in [0.717, 1.165) is 17.7 Å². The van der Waals surface area contributed by atoms with Crippen molar-refractivity contribution < 1.29 is 9.15 Å². The SMILES string of the molecule is CC[C@@H]1[C@@]2(C)C=C(C)C=C(C)[C@H]2[C@@]1(C)c1oc(OC)c(C)c(=O)c1C. The van der Waals surface area contributed by atoms with Crippen LogP contribution in [0.15, 0.2) is 32.5 Å². The minimum absolute atomic E-state index is 0.0342. The van der Waals surface area contributed by atoms with Crippen LogP contribution in [-0.2, 0) is 5.41 Å². The molecule has 3 nitrogen and oxygen atoms in total. The molecule has 136 valence electrons. The van der Waals surface area contributed by atoms with E-state index >= 15 is 0 Å². The summed E-state index contributed by atoms with van der Waals surface area (Å²) in [6, 6.07) is 0. The molecule has 0 N–H and O–H groups in total. The molecule has 3 rings (SSSR count). The number of fused-ring (bicyclic) bond motifs is 1. The van der Waals surface area contributed by atoms with Gasteiger partial charge in [-0.2, -0.15) is 0 Å². The largest absolute Gasteiger partial charge is 0.468 e. The number of methoxy groups -OCH3 is 1. The number of allylic oxidation sites excluding steroid dienone is 4. The Morgan fingerprint density at radius 2 is 1.80 bits per heavy atom. The van der Waals surface area contributed by atoms with Gasteiger partial charge in [0.05, 0.1) is 12.7 Å². The van der Waals surface area contributed by atoms with Crippen LogP contribution in [0.2, 0.25) is 0 Å². The zero-order valence-corrected chi connectivity index (χ0v) is 16.7. The predicted molar refractivity (Wildman–Crippen MR) is 101 cm³/mol. The first-order valence-electron chi connectivity index (χ1n) is 9.19. The fourth-order valence-electron chi connectivity index (χ4n) is 6.31. The summed E-state index contributed by atoms with van der Waals surface area (Å²) < 4.78 is 11.6. The molecule has 1 aromatic heterocycles. The Morgan fingerprint density at radius 1 is 1.16 bits per heavy atom. The number of hydrogen-bond donors (Lipinski definition) is 0. The van der Waals surface area contributed by atoms with Crippen molar-refractivity contribution in [2.75, 3.05) is 7.11 Å². The second-order valence-electron chi connectivity index (χ2n) is 8.32. The van der Waals surface area contributed by atoms with E-state index in [1.165, 1.54) is 11.1 Å². The fraction of sp³-hybridized carbons (Fsp3) is 0.591. The first-order valence-corrected chi connectivity index (χ1v) is 9.19. The van der Waals surface area contributed by atoms with E-state index in [2.05, 4.69) is 46.8 Å². The Balaban J connectivity index is 2.26. The van der Waals surface area contributed by atoms with Gasteiger partial charge < -0.3 is 9.15 Å². The second-order valence-corrected chi connectivity index (χ2v) is 8.32. The van der Waals surface area contributed by atoms with Gasteiger partial charge in [-0.15, -0.1) is 0 Å². The topological polar surface area (TPSA) is 39.4 Å². The Bertz CT molecular complexity index is 842. The highest BCUT2D eigenvalue weighted by Crippen LogP contribution is 2.70. The van der Waals surface area contributed by atoms with Gasteiger partial charge in [0, 0.05) is 16.9 Å². The standard InChI is InChI=1S/C22H30O3/c1-9-16-21(6)11-12(2)10-13(3)18(21)22(16,7)19-14(4)17(23)15(5)20(24-8)25-19/h10-11,16,18H,9H2,1-8H3/t16-,18-,21-,22+/m1/s1. The molecule has 1 saturated carbocycles. The lowest BCUT2D eigenvalue weighted by Gasteiger charge is -2.67. The van der Waals surface area contributed by atoms with E-state index in [-0.39, 0.29) is 16.3 Å². The Morgan fingerprint density at radius 3 is 2.36 bits per heavy atom. The molecular weight excluding hydrogens is 312 g/mol. The van der Waals surface area contributed by atoms with E-state index in [1.807, 2.05) is 6.92 Å². The van der Waals surface area contributed by atoms with Crippen LogP contribution in [0.4, 0.5) is 0 Å². The molecule has 4 atom stereocenters. The molecule has 25 heavy (non-hydrogen) atoms. The molecule has 2 aliphatic carbocycles. The zero-order valence-electron chi connectivity index (χ0n) is 16.7. The normalized spacial score (nSPS) is 33.9. The second kappa shape index (κ2) is 5.62. The molecule has 3 heteroatoms. The monoisotopic (exact) mass is 342 g/mol. The number of ether oxygens (including phenoxy) is 1. The number of rotatable bonds is 3. The Hall–Kier alpha value is -1.77. The lowest BCUT2D eigenvalue weighted by atomic mass is 9.36. The maximum atomic E-state index is 12.8. The fourth-order valence-corrected chi connectivity index (χ4v) is 6.31. The predicted octanol–water partition coefficient (Wildman–Crippen LogP) is 5.09. The molecule has 0 radical (unpaired) electrons. The third kappa shape index (κ3) is 2.14. The van der Waals surface area contributed by atoms with Gasteiger partial charge in [-0.05, 0) is 39.0 Å². The molecule has 1 heterocycles. The van der Waals surface area contributed by atoms with Crippen LogP contribution in [-0.4, -0.2) is 7.11 Å². The maximum Gasteiger partial charge on any atom is 0.291 e. The van der Waals surface area contributed by atoms with Crippen LogP contribution >= 0.6 is 0 Å². The van der Waals surface area contributed by atoms with Crippen molar-refractivity contribution >= 4 is 0 Å². The highest BCUT2D eigenvalue weighted by molar-refractivity contribution is 5.47. The van der Waals surface area contributed by atoms with Gasteiger partial charge in [0.1, 0.15) is 5.76 Å². The molecule has 0 bridgehead atoms. The Labute approximate surface area is 150 Å². The van der Waals surface area contributed by atoms with Gasteiger partial charge in [0.25, 0.3) is 5.95 Å². The van der Waals surface area contributed by atoms with E-state index in [1.54, 1.807) is 14.0 Å². The van der Waals surface area contributed by atoms with Crippen molar-refractivity contribution in [3.8, 4) is 5.95 Å². The van der Waals surface area contributed by atoms with Crippen molar-refractivity contribution in [2.45, 2.75) is 60.3 Å². The van der Waals surface area contributed by atoms with Gasteiger partial charge in [-0.1, -0.05) is 50.5 Å². The van der Waals surface area contributed by atoms with Crippen LogP contribution in [0.25, 0.3) is 0 Å². The minimum atomic E-state index is -0.203. The van der Waals surface area contributed by atoms with Crippen molar-refractivity contribution in [1.82, 2.24) is 0 Å². The first-order chi connectivity index (χ1) is 11.6. The van der Waals surface area contributed by atoms with Crippen molar-refractivity contribution in [2.24, 2.45) is 17.3 Å². The van der Waals surface area contributed by atoms with Crippen LogP contribution in [0.1, 0.15) is 57.9 Å². The van der Waals surface area contributed by atoms with Gasteiger partial charge in [0.2, 0.25) is 0 Å². The van der Waals surface area contributed by atoms with Crippen LogP contribution in [0.3, 0.4) is 0 Å².